The second-order valence-corrected chi connectivity index (χ2v) is 6.65. The number of hydrogen-bond donors (Lipinski definition) is 2. The maximum atomic E-state index is 11.7. The first kappa shape index (κ1) is 18.9. The van der Waals surface area contributed by atoms with Crippen molar-refractivity contribution >= 4 is 41.3 Å². The lowest BCUT2D eigenvalue weighted by Crippen LogP contribution is -2.39. The molecule has 2 aromatic rings. The Morgan fingerprint density at radius 2 is 1.91 bits per heavy atom. The Hall–Kier alpha value is -1.14. The molecule has 0 aliphatic heterocycles. The molecule has 1 heterocycles. The number of carbonyl (C=O) groups excluding carboxylic acids is 1. The van der Waals surface area contributed by atoms with Gasteiger partial charge in [0.15, 0.2) is 0 Å². The topological polar surface area (TPSA) is 68.0 Å². The fourth-order valence-electron chi connectivity index (χ4n) is 1.88. The van der Waals surface area contributed by atoms with Crippen LogP contribution in [-0.2, 0) is 4.79 Å². The van der Waals surface area contributed by atoms with Crippen molar-refractivity contribution in [3.63, 3.8) is 0 Å². The molecule has 1 aromatic carbocycles. The Bertz CT molecular complexity index is 641. The zero-order chi connectivity index (χ0) is 15.6. The van der Waals surface area contributed by atoms with Crippen molar-refractivity contribution in [2.24, 2.45) is 5.73 Å². The molecule has 0 aliphatic carbocycles. The molecular formula is C15H19Cl2N3OS. The first-order chi connectivity index (χ1) is 9.88. The first-order valence-corrected chi connectivity index (χ1v) is 7.87. The number of nitrogens with one attached hydrogen (secondary N) is 1. The molecule has 0 saturated carbocycles. The zero-order valence-electron chi connectivity index (χ0n) is 12.6. The number of thiazole rings is 1. The standard InChI is InChI=1S/C15H18ClN3OS.ClH/c1-8(17)14(20)18-9(2)15-19-13(10(3)21-15)11-4-6-12(16)7-5-11;/h4-9H,17H2,1-3H3,(H,18,20);1H/t8-,9?;/m1./s1. The number of nitrogens with two attached hydrogens (primary N) is 1. The highest BCUT2D eigenvalue weighted by molar-refractivity contribution is 7.12. The van der Waals surface area contributed by atoms with Gasteiger partial charge in [0.25, 0.3) is 0 Å². The maximum Gasteiger partial charge on any atom is 0.237 e. The second kappa shape index (κ2) is 7.92. The second-order valence-electron chi connectivity index (χ2n) is 4.98. The fraction of sp³-hybridized carbons (Fsp3) is 0.333. The summed E-state index contributed by atoms with van der Waals surface area (Å²) in [5.41, 5.74) is 7.50. The monoisotopic (exact) mass is 359 g/mol. The number of benzene rings is 1. The summed E-state index contributed by atoms with van der Waals surface area (Å²) in [5.74, 6) is -0.177. The van der Waals surface area contributed by atoms with Gasteiger partial charge in [0.2, 0.25) is 5.91 Å². The van der Waals surface area contributed by atoms with E-state index in [1.54, 1.807) is 18.3 Å². The molecule has 1 aromatic heterocycles. The summed E-state index contributed by atoms with van der Waals surface area (Å²) in [5, 5.41) is 4.43. The van der Waals surface area contributed by atoms with E-state index in [0.717, 1.165) is 21.1 Å². The molecule has 7 heteroatoms. The van der Waals surface area contributed by atoms with Crippen molar-refractivity contribution in [3.05, 3.63) is 39.2 Å². The predicted molar refractivity (Wildman–Crippen MR) is 94.8 cm³/mol. The summed E-state index contributed by atoms with van der Waals surface area (Å²) in [6, 6.07) is 6.89. The third-order valence-electron chi connectivity index (χ3n) is 3.07. The van der Waals surface area contributed by atoms with E-state index in [1.807, 2.05) is 38.1 Å². The summed E-state index contributed by atoms with van der Waals surface area (Å²) in [4.78, 5) is 17.4. The minimum absolute atomic E-state index is 0. The highest BCUT2D eigenvalue weighted by Gasteiger charge is 2.18. The lowest BCUT2D eigenvalue weighted by Gasteiger charge is -2.12. The highest BCUT2D eigenvalue weighted by Crippen LogP contribution is 2.31. The molecule has 0 fully saturated rings. The van der Waals surface area contributed by atoms with Gasteiger partial charge in [-0.1, -0.05) is 23.7 Å². The summed E-state index contributed by atoms with van der Waals surface area (Å²) < 4.78 is 0. The Morgan fingerprint density at radius 1 is 1.32 bits per heavy atom. The van der Waals surface area contributed by atoms with Crippen LogP contribution in [0.5, 0.6) is 0 Å². The van der Waals surface area contributed by atoms with Crippen LogP contribution in [0.2, 0.25) is 5.02 Å². The number of halogens is 2. The van der Waals surface area contributed by atoms with Gasteiger partial charge in [-0.2, -0.15) is 0 Å². The summed E-state index contributed by atoms with van der Waals surface area (Å²) in [7, 11) is 0. The molecule has 0 spiro atoms. The molecule has 0 radical (unpaired) electrons. The average molecular weight is 360 g/mol. The van der Waals surface area contributed by atoms with Gasteiger partial charge in [-0.15, -0.1) is 23.7 Å². The van der Waals surface area contributed by atoms with Crippen LogP contribution in [0, 0.1) is 6.92 Å². The van der Waals surface area contributed by atoms with Crippen molar-refractivity contribution in [1.29, 1.82) is 0 Å². The quantitative estimate of drug-likeness (QED) is 0.873. The fourth-order valence-corrected chi connectivity index (χ4v) is 2.96. The normalized spacial score (nSPS) is 13.1. The van der Waals surface area contributed by atoms with Crippen molar-refractivity contribution in [2.75, 3.05) is 0 Å². The van der Waals surface area contributed by atoms with Crippen LogP contribution in [0.4, 0.5) is 0 Å². The summed E-state index contributed by atoms with van der Waals surface area (Å²) >= 11 is 7.48. The number of carbonyl (C=O) groups is 1. The zero-order valence-corrected chi connectivity index (χ0v) is 15.0. The number of rotatable bonds is 4. The molecule has 120 valence electrons. The lowest BCUT2D eigenvalue weighted by atomic mass is 10.1. The van der Waals surface area contributed by atoms with Crippen molar-refractivity contribution in [2.45, 2.75) is 32.9 Å². The Morgan fingerprint density at radius 3 is 2.45 bits per heavy atom. The average Bonchev–Trinajstić information content (AvgIpc) is 2.81. The summed E-state index contributed by atoms with van der Waals surface area (Å²) in [6.45, 7) is 5.59. The third kappa shape index (κ3) is 4.43. The van der Waals surface area contributed by atoms with E-state index < -0.39 is 6.04 Å². The van der Waals surface area contributed by atoms with E-state index in [9.17, 15) is 4.79 Å². The van der Waals surface area contributed by atoms with Gasteiger partial charge >= 0.3 is 0 Å². The smallest absolute Gasteiger partial charge is 0.237 e. The third-order valence-corrected chi connectivity index (χ3v) is 4.48. The van der Waals surface area contributed by atoms with Crippen LogP contribution < -0.4 is 11.1 Å². The molecule has 1 amide bonds. The highest BCUT2D eigenvalue weighted by atomic mass is 35.5. The van der Waals surface area contributed by atoms with E-state index in [4.69, 9.17) is 17.3 Å². The van der Waals surface area contributed by atoms with Gasteiger partial charge in [0.05, 0.1) is 17.8 Å². The Balaban J connectivity index is 0.00000242. The number of aromatic nitrogens is 1. The Labute approximate surface area is 145 Å². The molecule has 22 heavy (non-hydrogen) atoms. The number of amides is 1. The SMILES string of the molecule is Cc1sc(C(C)NC(=O)[C@@H](C)N)nc1-c1ccc(Cl)cc1.Cl. The molecule has 0 saturated heterocycles. The lowest BCUT2D eigenvalue weighted by molar-refractivity contribution is -0.122. The predicted octanol–water partition coefficient (Wildman–Crippen LogP) is 3.72. The van der Waals surface area contributed by atoms with Crippen molar-refractivity contribution < 1.29 is 4.79 Å². The molecule has 0 aliphatic rings. The van der Waals surface area contributed by atoms with Crippen LogP contribution in [0.15, 0.2) is 24.3 Å². The summed E-state index contributed by atoms with van der Waals surface area (Å²) in [6.07, 6.45) is 0. The Kier molecular flexibility index (Phi) is 6.81. The molecule has 2 rings (SSSR count). The molecule has 4 nitrogen and oxygen atoms in total. The molecule has 3 N–H and O–H groups in total. The van der Waals surface area contributed by atoms with E-state index in [2.05, 4.69) is 10.3 Å². The number of aryl methyl sites for hydroxylation is 1. The van der Waals surface area contributed by atoms with E-state index in [-0.39, 0.29) is 24.4 Å². The van der Waals surface area contributed by atoms with E-state index >= 15 is 0 Å². The van der Waals surface area contributed by atoms with Crippen LogP contribution in [0.3, 0.4) is 0 Å². The van der Waals surface area contributed by atoms with Gasteiger partial charge in [-0.05, 0) is 32.9 Å². The minimum Gasteiger partial charge on any atom is -0.346 e. The molecule has 2 atom stereocenters. The van der Waals surface area contributed by atoms with Crippen LogP contribution in [-0.4, -0.2) is 16.9 Å². The van der Waals surface area contributed by atoms with Crippen molar-refractivity contribution in [3.8, 4) is 11.3 Å². The first-order valence-electron chi connectivity index (χ1n) is 6.67. The van der Waals surface area contributed by atoms with Gasteiger partial charge < -0.3 is 11.1 Å². The van der Waals surface area contributed by atoms with Gasteiger partial charge in [0, 0.05) is 15.5 Å². The van der Waals surface area contributed by atoms with Crippen LogP contribution in [0.25, 0.3) is 11.3 Å². The number of nitrogens with zero attached hydrogens (tertiary/aromatic N) is 1. The molecule has 0 bridgehead atoms. The maximum absolute atomic E-state index is 11.7. The molecular weight excluding hydrogens is 341 g/mol. The minimum atomic E-state index is -0.524. The van der Waals surface area contributed by atoms with E-state index in [0.29, 0.717) is 5.02 Å². The van der Waals surface area contributed by atoms with Crippen molar-refractivity contribution in [1.82, 2.24) is 10.3 Å². The largest absolute Gasteiger partial charge is 0.346 e. The van der Waals surface area contributed by atoms with Crippen LogP contribution >= 0.6 is 35.3 Å². The van der Waals surface area contributed by atoms with Gasteiger partial charge in [-0.25, -0.2) is 4.98 Å². The number of hydrogen-bond acceptors (Lipinski definition) is 4. The van der Waals surface area contributed by atoms with Gasteiger partial charge in [0.1, 0.15) is 5.01 Å². The van der Waals surface area contributed by atoms with Gasteiger partial charge in [-0.3, -0.25) is 4.79 Å². The molecule has 1 unspecified atom stereocenters. The van der Waals surface area contributed by atoms with Crippen LogP contribution in [0.1, 0.15) is 29.8 Å². The van der Waals surface area contributed by atoms with E-state index in [1.165, 1.54) is 0 Å².